The van der Waals surface area contributed by atoms with Crippen molar-refractivity contribution in [2.24, 2.45) is 11.8 Å². The predicted molar refractivity (Wildman–Crippen MR) is 58.0 cm³/mol. The smallest absolute Gasteiger partial charge is 0.349 e. The number of nitrogens with two attached hydrogens (primary N) is 1. The van der Waals surface area contributed by atoms with E-state index in [1.807, 2.05) is 0 Å². The lowest BCUT2D eigenvalue weighted by atomic mass is 9.68. The highest BCUT2D eigenvalue weighted by Crippen LogP contribution is 2.45. The summed E-state index contributed by atoms with van der Waals surface area (Å²) < 4.78 is 14.9. The fraction of sp³-hybridized carbons (Fsp3) is 0.600. The SMILES string of the molecule is Nc1ccn([C@@H]2[C@@H](F)[C@H](CO)[C@H]2CO)c(=O)n1. The number of aromatic nitrogens is 2. The van der Waals surface area contributed by atoms with Gasteiger partial charge in [0.25, 0.3) is 0 Å². The Labute approximate surface area is 96.5 Å². The molecule has 6 nitrogen and oxygen atoms in total. The fourth-order valence-corrected chi connectivity index (χ4v) is 2.33. The quantitative estimate of drug-likeness (QED) is 0.628. The second-order valence-electron chi connectivity index (χ2n) is 4.17. The highest BCUT2D eigenvalue weighted by molar-refractivity contribution is 5.24. The van der Waals surface area contributed by atoms with Crippen LogP contribution < -0.4 is 11.4 Å². The van der Waals surface area contributed by atoms with E-state index in [1.165, 1.54) is 12.3 Å². The minimum absolute atomic E-state index is 0.0697. The molecule has 0 amide bonds. The minimum Gasteiger partial charge on any atom is -0.396 e. The van der Waals surface area contributed by atoms with Gasteiger partial charge < -0.3 is 15.9 Å². The maximum Gasteiger partial charge on any atom is 0.349 e. The first-order valence-electron chi connectivity index (χ1n) is 5.30. The zero-order valence-electron chi connectivity index (χ0n) is 9.03. The van der Waals surface area contributed by atoms with Crippen molar-refractivity contribution < 1.29 is 14.6 Å². The molecule has 1 aromatic heterocycles. The van der Waals surface area contributed by atoms with Crippen LogP contribution in [0.25, 0.3) is 0 Å². The molecule has 2 rings (SSSR count). The molecule has 0 saturated heterocycles. The molecular weight excluding hydrogens is 229 g/mol. The summed E-state index contributed by atoms with van der Waals surface area (Å²) in [5.41, 5.74) is 4.69. The van der Waals surface area contributed by atoms with Crippen LogP contribution in [0.15, 0.2) is 17.1 Å². The van der Waals surface area contributed by atoms with Gasteiger partial charge in [0, 0.05) is 31.2 Å². The van der Waals surface area contributed by atoms with Gasteiger partial charge in [0.05, 0.1) is 6.04 Å². The standard InChI is InChI=1S/C10H14FN3O3/c11-8-5(3-15)6(4-16)9(8)14-2-1-7(12)13-10(14)17/h1-2,5-6,8-9,15-16H,3-4H2,(H2,12,13,17)/t5-,6-,8+,9+/m1/s1. The summed E-state index contributed by atoms with van der Waals surface area (Å²) in [6, 6.07) is 0.618. The lowest BCUT2D eigenvalue weighted by Gasteiger charge is -2.46. The molecule has 1 aliphatic rings. The number of halogens is 1. The number of rotatable bonds is 3. The van der Waals surface area contributed by atoms with Crippen LogP contribution in [0.3, 0.4) is 0 Å². The molecule has 4 atom stereocenters. The predicted octanol–water partition coefficient (Wildman–Crippen LogP) is -1.06. The maximum atomic E-state index is 13.8. The zero-order valence-corrected chi connectivity index (χ0v) is 9.03. The number of aliphatic hydroxyl groups excluding tert-OH is 2. The third-order valence-corrected chi connectivity index (χ3v) is 3.32. The Morgan fingerprint density at radius 3 is 2.59 bits per heavy atom. The molecule has 0 radical (unpaired) electrons. The first-order chi connectivity index (χ1) is 8.10. The summed E-state index contributed by atoms with van der Waals surface area (Å²) in [5.74, 6) is -1.03. The number of nitrogens with zero attached hydrogens (tertiary/aromatic N) is 2. The topological polar surface area (TPSA) is 101 Å². The molecule has 7 heteroatoms. The van der Waals surface area contributed by atoms with Gasteiger partial charge in [0.2, 0.25) is 0 Å². The van der Waals surface area contributed by atoms with Gasteiger partial charge in [0.15, 0.2) is 0 Å². The van der Waals surface area contributed by atoms with E-state index < -0.39 is 29.7 Å². The highest BCUT2D eigenvalue weighted by Gasteiger charge is 2.51. The molecule has 0 bridgehead atoms. The molecule has 4 N–H and O–H groups in total. The van der Waals surface area contributed by atoms with E-state index in [9.17, 15) is 9.18 Å². The Morgan fingerprint density at radius 2 is 2.06 bits per heavy atom. The van der Waals surface area contributed by atoms with E-state index in [0.29, 0.717) is 0 Å². The number of hydrogen-bond donors (Lipinski definition) is 3. The van der Waals surface area contributed by atoms with Crippen molar-refractivity contribution in [1.29, 1.82) is 0 Å². The minimum atomic E-state index is -1.36. The maximum absolute atomic E-state index is 13.8. The van der Waals surface area contributed by atoms with Crippen molar-refractivity contribution in [1.82, 2.24) is 9.55 Å². The van der Waals surface area contributed by atoms with Gasteiger partial charge in [-0.15, -0.1) is 0 Å². The molecule has 0 aliphatic heterocycles. The van der Waals surface area contributed by atoms with Gasteiger partial charge in [-0.05, 0) is 6.07 Å². The van der Waals surface area contributed by atoms with Crippen LogP contribution in [0.1, 0.15) is 6.04 Å². The van der Waals surface area contributed by atoms with E-state index in [4.69, 9.17) is 15.9 Å². The van der Waals surface area contributed by atoms with Crippen molar-refractivity contribution in [2.45, 2.75) is 12.2 Å². The molecule has 0 unspecified atom stereocenters. The lowest BCUT2D eigenvalue weighted by molar-refractivity contribution is -0.0874. The Bertz CT molecular complexity index is 464. The first kappa shape index (κ1) is 12.0. The largest absolute Gasteiger partial charge is 0.396 e. The molecule has 1 aliphatic carbocycles. The molecule has 17 heavy (non-hydrogen) atoms. The lowest BCUT2D eigenvalue weighted by Crippen LogP contribution is -2.55. The van der Waals surface area contributed by atoms with Crippen molar-refractivity contribution in [3.63, 3.8) is 0 Å². The van der Waals surface area contributed by atoms with Crippen molar-refractivity contribution in [3.8, 4) is 0 Å². The van der Waals surface area contributed by atoms with E-state index in [-0.39, 0.29) is 19.0 Å². The zero-order chi connectivity index (χ0) is 12.6. The molecular formula is C10H14FN3O3. The van der Waals surface area contributed by atoms with Crippen LogP contribution in [0.4, 0.5) is 10.2 Å². The summed E-state index contributed by atoms with van der Waals surface area (Å²) in [5, 5.41) is 18.1. The van der Waals surface area contributed by atoms with Gasteiger partial charge in [-0.3, -0.25) is 4.57 Å². The third kappa shape index (κ3) is 1.81. The van der Waals surface area contributed by atoms with E-state index in [2.05, 4.69) is 4.98 Å². The molecule has 1 heterocycles. The fourth-order valence-electron chi connectivity index (χ4n) is 2.33. The molecule has 0 aromatic carbocycles. The van der Waals surface area contributed by atoms with E-state index in [0.717, 1.165) is 4.57 Å². The number of nitrogen functional groups attached to an aromatic ring is 1. The van der Waals surface area contributed by atoms with Crippen LogP contribution in [0, 0.1) is 11.8 Å². The van der Waals surface area contributed by atoms with E-state index >= 15 is 0 Å². The summed E-state index contributed by atoms with van der Waals surface area (Å²) in [7, 11) is 0. The summed E-state index contributed by atoms with van der Waals surface area (Å²) in [4.78, 5) is 15.0. The number of hydrogen-bond acceptors (Lipinski definition) is 5. The van der Waals surface area contributed by atoms with Crippen LogP contribution >= 0.6 is 0 Å². The molecule has 0 spiro atoms. The number of aliphatic hydroxyl groups is 2. The molecule has 1 aromatic rings. The van der Waals surface area contributed by atoms with Gasteiger partial charge >= 0.3 is 5.69 Å². The summed E-state index contributed by atoms with van der Waals surface area (Å²) >= 11 is 0. The van der Waals surface area contributed by atoms with Gasteiger partial charge in [-0.2, -0.15) is 4.98 Å². The highest BCUT2D eigenvalue weighted by atomic mass is 19.1. The number of anilines is 1. The van der Waals surface area contributed by atoms with Gasteiger partial charge in [-0.1, -0.05) is 0 Å². The summed E-state index contributed by atoms with van der Waals surface area (Å²) in [6.07, 6.45) is -0.00156. The van der Waals surface area contributed by atoms with Crippen LogP contribution in [-0.2, 0) is 0 Å². The Kier molecular flexibility index (Phi) is 3.12. The van der Waals surface area contributed by atoms with Crippen molar-refractivity contribution >= 4 is 5.82 Å². The Morgan fingerprint density at radius 1 is 1.41 bits per heavy atom. The molecule has 1 saturated carbocycles. The average Bonchev–Trinajstić information content (AvgIpc) is 2.29. The van der Waals surface area contributed by atoms with E-state index in [1.54, 1.807) is 0 Å². The Balaban J connectivity index is 2.31. The Hall–Kier alpha value is -1.47. The second kappa shape index (κ2) is 4.42. The van der Waals surface area contributed by atoms with Crippen LogP contribution in [0.5, 0.6) is 0 Å². The third-order valence-electron chi connectivity index (χ3n) is 3.32. The van der Waals surface area contributed by atoms with Crippen molar-refractivity contribution in [2.75, 3.05) is 18.9 Å². The van der Waals surface area contributed by atoms with Crippen LogP contribution in [0.2, 0.25) is 0 Å². The normalized spacial score (nSPS) is 32.2. The number of alkyl halides is 1. The van der Waals surface area contributed by atoms with Gasteiger partial charge in [0.1, 0.15) is 12.0 Å². The molecule has 94 valence electrons. The average molecular weight is 243 g/mol. The second-order valence-corrected chi connectivity index (χ2v) is 4.17. The van der Waals surface area contributed by atoms with Crippen molar-refractivity contribution in [3.05, 3.63) is 22.7 Å². The van der Waals surface area contributed by atoms with Crippen LogP contribution in [-0.4, -0.2) is 39.1 Å². The molecule has 1 fully saturated rings. The van der Waals surface area contributed by atoms with Gasteiger partial charge in [-0.25, -0.2) is 9.18 Å². The summed E-state index contributed by atoms with van der Waals surface area (Å²) in [6.45, 7) is -0.632. The first-order valence-corrected chi connectivity index (χ1v) is 5.30. The monoisotopic (exact) mass is 243 g/mol.